The van der Waals surface area contributed by atoms with Crippen molar-refractivity contribution < 1.29 is 14.3 Å². The third-order valence-corrected chi connectivity index (χ3v) is 5.05. The number of para-hydroxylation sites is 1. The molecule has 4 rings (SSSR count). The summed E-state index contributed by atoms with van der Waals surface area (Å²) < 4.78 is 5.42. The van der Waals surface area contributed by atoms with Gasteiger partial charge in [-0.15, -0.1) is 0 Å². The number of carbonyl (C=O) groups is 2. The van der Waals surface area contributed by atoms with Crippen LogP contribution in [0.4, 0.5) is 5.69 Å². The Labute approximate surface area is 153 Å². The van der Waals surface area contributed by atoms with E-state index in [-0.39, 0.29) is 25.0 Å². The summed E-state index contributed by atoms with van der Waals surface area (Å²) in [6.45, 7) is 1.39. The molecule has 1 saturated heterocycles. The lowest BCUT2D eigenvalue weighted by Gasteiger charge is -2.39. The number of morpholine rings is 1. The normalized spacial score (nSPS) is 20.0. The fraction of sp³-hybridized carbons (Fsp3) is 0.333. The van der Waals surface area contributed by atoms with Crippen molar-refractivity contribution in [2.24, 2.45) is 0 Å². The summed E-state index contributed by atoms with van der Waals surface area (Å²) >= 11 is 0. The van der Waals surface area contributed by atoms with Gasteiger partial charge in [-0.1, -0.05) is 48.5 Å². The van der Waals surface area contributed by atoms with Crippen LogP contribution in [0.1, 0.15) is 17.5 Å². The Morgan fingerprint density at radius 3 is 2.69 bits per heavy atom. The molecule has 2 aliphatic heterocycles. The number of nitrogens with zero attached hydrogens (tertiary/aromatic N) is 2. The molecule has 1 atom stereocenters. The Morgan fingerprint density at radius 1 is 1.08 bits per heavy atom. The molecule has 0 bridgehead atoms. The number of anilines is 1. The number of carbonyl (C=O) groups excluding carboxylic acids is 2. The minimum Gasteiger partial charge on any atom is -0.369 e. The molecule has 2 amide bonds. The van der Waals surface area contributed by atoms with E-state index >= 15 is 0 Å². The standard InChI is InChI=1S/C21H22N2O3/c24-20-15-26-14-19(23(20)13-16-7-2-1-3-8-16)21(25)22-12-6-10-17-9-4-5-11-18(17)22/h1-5,7-9,11,19H,6,10,12-15H2. The molecule has 1 fully saturated rings. The van der Waals surface area contributed by atoms with E-state index in [4.69, 9.17) is 4.74 Å². The molecule has 0 radical (unpaired) electrons. The van der Waals surface area contributed by atoms with Crippen LogP contribution in [0.25, 0.3) is 0 Å². The summed E-state index contributed by atoms with van der Waals surface area (Å²) in [6, 6.07) is 17.2. The van der Waals surface area contributed by atoms with Crippen molar-refractivity contribution in [3.05, 3.63) is 65.7 Å². The highest BCUT2D eigenvalue weighted by Gasteiger charge is 2.37. The van der Waals surface area contributed by atoms with Crippen LogP contribution in [-0.4, -0.2) is 42.5 Å². The number of fused-ring (bicyclic) bond motifs is 1. The van der Waals surface area contributed by atoms with E-state index in [0.717, 1.165) is 24.1 Å². The van der Waals surface area contributed by atoms with Crippen molar-refractivity contribution in [1.29, 1.82) is 0 Å². The molecule has 2 aliphatic rings. The van der Waals surface area contributed by atoms with Gasteiger partial charge in [-0.3, -0.25) is 9.59 Å². The van der Waals surface area contributed by atoms with Gasteiger partial charge in [0.2, 0.25) is 5.91 Å². The van der Waals surface area contributed by atoms with Crippen LogP contribution in [0.3, 0.4) is 0 Å². The van der Waals surface area contributed by atoms with E-state index in [0.29, 0.717) is 13.1 Å². The number of amides is 2. The molecule has 26 heavy (non-hydrogen) atoms. The van der Waals surface area contributed by atoms with Crippen LogP contribution in [0.5, 0.6) is 0 Å². The summed E-state index contributed by atoms with van der Waals surface area (Å²) in [4.78, 5) is 29.3. The third-order valence-electron chi connectivity index (χ3n) is 5.05. The summed E-state index contributed by atoms with van der Waals surface area (Å²) in [6.07, 6.45) is 1.91. The minimum absolute atomic E-state index is 0.0349. The average Bonchev–Trinajstić information content (AvgIpc) is 2.69. The maximum Gasteiger partial charge on any atom is 0.252 e. The van der Waals surface area contributed by atoms with E-state index < -0.39 is 6.04 Å². The minimum atomic E-state index is -0.581. The second-order valence-electron chi connectivity index (χ2n) is 6.76. The van der Waals surface area contributed by atoms with Crippen LogP contribution >= 0.6 is 0 Å². The Balaban J connectivity index is 1.60. The topological polar surface area (TPSA) is 49.9 Å². The molecule has 5 nitrogen and oxygen atoms in total. The van der Waals surface area contributed by atoms with Crippen molar-refractivity contribution >= 4 is 17.5 Å². The Morgan fingerprint density at radius 2 is 1.85 bits per heavy atom. The molecule has 0 aromatic heterocycles. The summed E-state index contributed by atoms with van der Waals surface area (Å²) in [5.41, 5.74) is 3.16. The van der Waals surface area contributed by atoms with Crippen LogP contribution in [-0.2, 0) is 27.3 Å². The molecule has 0 saturated carbocycles. The van der Waals surface area contributed by atoms with E-state index in [1.807, 2.05) is 53.4 Å². The molecule has 2 aromatic carbocycles. The molecule has 0 N–H and O–H groups in total. The Hall–Kier alpha value is -2.66. The van der Waals surface area contributed by atoms with Gasteiger partial charge in [-0.25, -0.2) is 0 Å². The highest BCUT2D eigenvalue weighted by atomic mass is 16.5. The highest BCUT2D eigenvalue weighted by molar-refractivity contribution is 6.00. The zero-order valence-electron chi connectivity index (χ0n) is 14.6. The fourth-order valence-electron chi connectivity index (χ4n) is 3.73. The zero-order valence-corrected chi connectivity index (χ0v) is 14.6. The third kappa shape index (κ3) is 3.22. The first-order valence-corrected chi connectivity index (χ1v) is 9.04. The first-order valence-electron chi connectivity index (χ1n) is 9.04. The first-order chi connectivity index (χ1) is 12.7. The van der Waals surface area contributed by atoms with Crippen LogP contribution in [0.15, 0.2) is 54.6 Å². The quantitative estimate of drug-likeness (QED) is 0.854. The predicted octanol–water partition coefficient (Wildman–Crippen LogP) is 2.39. The van der Waals surface area contributed by atoms with Gasteiger partial charge in [0, 0.05) is 18.8 Å². The number of hydrogen-bond acceptors (Lipinski definition) is 3. The zero-order chi connectivity index (χ0) is 17.9. The smallest absolute Gasteiger partial charge is 0.252 e. The average molecular weight is 350 g/mol. The number of hydrogen-bond donors (Lipinski definition) is 0. The maximum absolute atomic E-state index is 13.3. The van der Waals surface area contributed by atoms with Gasteiger partial charge in [-0.2, -0.15) is 0 Å². The molecule has 0 spiro atoms. The van der Waals surface area contributed by atoms with Gasteiger partial charge >= 0.3 is 0 Å². The molecule has 2 heterocycles. The number of aryl methyl sites for hydroxylation is 1. The monoisotopic (exact) mass is 350 g/mol. The lowest BCUT2D eigenvalue weighted by Crippen LogP contribution is -2.57. The van der Waals surface area contributed by atoms with Crippen molar-refractivity contribution in [3.8, 4) is 0 Å². The van der Waals surface area contributed by atoms with Crippen LogP contribution in [0.2, 0.25) is 0 Å². The summed E-state index contributed by atoms with van der Waals surface area (Å²) in [5.74, 6) is -0.190. The van der Waals surface area contributed by atoms with Crippen molar-refractivity contribution in [1.82, 2.24) is 4.90 Å². The van der Waals surface area contributed by atoms with Gasteiger partial charge in [0.05, 0.1) is 6.61 Å². The van der Waals surface area contributed by atoms with Crippen molar-refractivity contribution in [2.45, 2.75) is 25.4 Å². The predicted molar refractivity (Wildman–Crippen MR) is 98.7 cm³/mol. The first kappa shape index (κ1) is 16.8. The lowest BCUT2D eigenvalue weighted by molar-refractivity contribution is -0.154. The summed E-state index contributed by atoms with van der Waals surface area (Å²) in [5, 5.41) is 0. The van der Waals surface area contributed by atoms with Gasteiger partial charge in [-0.05, 0) is 30.0 Å². The Bertz CT molecular complexity index is 806. The van der Waals surface area contributed by atoms with E-state index in [2.05, 4.69) is 6.07 Å². The van der Waals surface area contributed by atoms with Gasteiger partial charge in [0.15, 0.2) is 0 Å². The maximum atomic E-state index is 13.3. The highest BCUT2D eigenvalue weighted by Crippen LogP contribution is 2.28. The van der Waals surface area contributed by atoms with Crippen molar-refractivity contribution in [3.63, 3.8) is 0 Å². The van der Waals surface area contributed by atoms with Crippen LogP contribution in [0, 0.1) is 0 Å². The molecule has 0 aliphatic carbocycles. The molecular weight excluding hydrogens is 328 g/mol. The molecule has 134 valence electrons. The second-order valence-corrected chi connectivity index (χ2v) is 6.76. The molecule has 5 heteroatoms. The SMILES string of the molecule is O=C(C1COCC(=O)N1Cc1ccccc1)N1CCCc2ccccc21. The molecular formula is C21H22N2O3. The molecule has 1 unspecified atom stereocenters. The van der Waals surface area contributed by atoms with E-state index in [9.17, 15) is 9.59 Å². The van der Waals surface area contributed by atoms with E-state index in [1.165, 1.54) is 5.56 Å². The second kappa shape index (κ2) is 7.30. The molecule has 2 aromatic rings. The van der Waals surface area contributed by atoms with Gasteiger partial charge in [0.25, 0.3) is 5.91 Å². The number of ether oxygens (including phenoxy) is 1. The van der Waals surface area contributed by atoms with Gasteiger partial charge in [0.1, 0.15) is 12.6 Å². The number of rotatable bonds is 3. The summed E-state index contributed by atoms with van der Waals surface area (Å²) in [7, 11) is 0. The fourth-order valence-corrected chi connectivity index (χ4v) is 3.73. The largest absolute Gasteiger partial charge is 0.369 e. The van der Waals surface area contributed by atoms with Crippen LogP contribution < -0.4 is 4.90 Å². The van der Waals surface area contributed by atoms with E-state index in [1.54, 1.807) is 4.90 Å². The lowest BCUT2D eigenvalue weighted by atomic mass is 10.0. The Kier molecular flexibility index (Phi) is 4.71. The number of benzene rings is 2. The van der Waals surface area contributed by atoms with Gasteiger partial charge < -0.3 is 14.5 Å². The van der Waals surface area contributed by atoms with Crippen molar-refractivity contribution in [2.75, 3.05) is 24.7 Å².